The van der Waals surface area contributed by atoms with Crippen molar-refractivity contribution in [3.8, 4) is 17.0 Å². The van der Waals surface area contributed by atoms with Crippen LogP contribution in [0.3, 0.4) is 0 Å². The second-order valence-corrected chi connectivity index (χ2v) is 5.11. The van der Waals surface area contributed by atoms with Crippen LogP contribution in [0, 0.1) is 0 Å². The summed E-state index contributed by atoms with van der Waals surface area (Å²) < 4.78 is 7.51. The van der Waals surface area contributed by atoms with Gasteiger partial charge in [-0.15, -0.1) is 0 Å². The van der Waals surface area contributed by atoms with Gasteiger partial charge in [-0.1, -0.05) is 29.3 Å². The summed E-state index contributed by atoms with van der Waals surface area (Å²) in [4.78, 5) is 4.61. The maximum absolute atomic E-state index is 6.05. The van der Waals surface area contributed by atoms with Gasteiger partial charge < -0.3 is 9.14 Å². The highest BCUT2D eigenvalue weighted by molar-refractivity contribution is 6.42. The minimum Gasteiger partial charge on any atom is -0.490 e. The highest BCUT2D eigenvalue weighted by Crippen LogP contribution is 2.29. The number of hydrogen-bond donors (Lipinski definition) is 0. The van der Waals surface area contributed by atoms with Gasteiger partial charge in [-0.05, 0) is 31.2 Å². The van der Waals surface area contributed by atoms with Crippen LogP contribution in [0.4, 0.5) is 0 Å². The highest BCUT2D eigenvalue weighted by atomic mass is 35.5. The summed E-state index contributed by atoms with van der Waals surface area (Å²) in [6.07, 6.45) is 3.88. The Bertz CT molecular complexity index is 768. The normalized spacial score (nSPS) is 10.9. The van der Waals surface area contributed by atoms with Gasteiger partial charge in [0.2, 0.25) is 0 Å². The molecule has 0 bridgehead atoms. The fourth-order valence-electron chi connectivity index (χ4n) is 2.05. The Labute approximate surface area is 126 Å². The van der Waals surface area contributed by atoms with E-state index in [-0.39, 0.29) is 0 Å². The van der Waals surface area contributed by atoms with Gasteiger partial charge in [0.1, 0.15) is 0 Å². The molecule has 0 fully saturated rings. The van der Waals surface area contributed by atoms with Crippen molar-refractivity contribution < 1.29 is 4.74 Å². The zero-order valence-electron chi connectivity index (χ0n) is 10.8. The molecule has 20 heavy (non-hydrogen) atoms. The van der Waals surface area contributed by atoms with Crippen LogP contribution in [0.2, 0.25) is 10.0 Å². The van der Waals surface area contributed by atoms with Crippen molar-refractivity contribution >= 4 is 28.8 Å². The van der Waals surface area contributed by atoms with Crippen molar-refractivity contribution in [3.05, 3.63) is 52.8 Å². The van der Waals surface area contributed by atoms with Crippen LogP contribution in [0.25, 0.3) is 16.9 Å². The van der Waals surface area contributed by atoms with E-state index in [4.69, 9.17) is 27.9 Å². The van der Waals surface area contributed by atoms with Gasteiger partial charge in [0.05, 0.1) is 22.3 Å². The van der Waals surface area contributed by atoms with Crippen molar-refractivity contribution in [1.82, 2.24) is 9.38 Å². The molecule has 0 saturated heterocycles. The Morgan fingerprint density at radius 3 is 2.80 bits per heavy atom. The molecule has 0 N–H and O–H groups in total. The molecule has 1 aromatic carbocycles. The molecule has 0 radical (unpaired) electrons. The smallest absolute Gasteiger partial charge is 0.180 e. The van der Waals surface area contributed by atoms with Gasteiger partial charge in [-0.25, -0.2) is 4.98 Å². The predicted octanol–water partition coefficient (Wildman–Crippen LogP) is 4.71. The zero-order valence-corrected chi connectivity index (χ0v) is 12.3. The van der Waals surface area contributed by atoms with E-state index >= 15 is 0 Å². The second kappa shape index (κ2) is 5.35. The van der Waals surface area contributed by atoms with Gasteiger partial charge in [-0.3, -0.25) is 0 Å². The van der Waals surface area contributed by atoms with Gasteiger partial charge >= 0.3 is 0 Å². The molecule has 0 atom stereocenters. The summed E-state index contributed by atoms with van der Waals surface area (Å²) >= 11 is 12.0. The van der Waals surface area contributed by atoms with Crippen LogP contribution in [0.1, 0.15) is 6.92 Å². The molecule has 5 heteroatoms. The van der Waals surface area contributed by atoms with Crippen LogP contribution < -0.4 is 4.74 Å². The minimum absolute atomic E-state index is 0.520. The average Bonchev–Trinajstić information content (AvgIpc) is 2.87. The largest absolute Gasteiger partial charge is 0.490 e. The van der Waals surface area contributed by atoms with Crippen molar-refractivity contribution in [1.29, 1.82) is 0 Å². The third-order valence-corrected chi connectivity index (χ3v) is 3.70. The van der Waals surface area contributed by atoms with E-state index in [0.29, 0.717) is 16.7 Å². The van der Waals surface area contributed by atoms with E-state index in [1.807, 2.05) is 48.0 Å². The lowest BCUT2D eigenvalue weighted by Crippen LogP contribution is -1.94. The molecule has 0 aliphatic rings. The second-order valence-electron chi connectivity index (χ2n) is 4.29. The Morgan fingerprint density at radius 1 is 1.20 bits per heavy atom. The molecular formula is C15H12Cl2N2O. The number of nitrogens with zero attached hydrogens (tertiary/aromatic N) is 2. The van der Waals surface area contributed by atoms with E-state index in [1.54, 1.807) is 6.07 Å². The molecule has 2 aromatic heterocycles. The first-order valence-corrected chi connectivity index (χ1v) is 7.00. The van der Waals surface area contributed by atoms with Crippen molar-refractivity contribution in [2.45, 2.75) is 6.92 Å². The average molecular weight is 307 g/mol. The summed E-state index contributed by atoms with van der Waals surface area (Å²) in [5.41, 5.74) is 2.54. The highest BCUT2D eigenvalue weighted by Gasteiger charge is 2.09. The number of imidazole rings is 1. The summed E-state index contributed by atoms with van der Waals surface area (Å²) in [5, 5.41) is 1.06. The quantitative estimate of drug-likeness (QED) is 0.700. The molecular weight excluding hydrogens is 295 g/mol. The first kappa shape index (κ1) is 13.3. The predicted molar refractivity (Wildman–Crippen MR) is 81.8 cm³/mol. The van der Waals surface area contributed by atoms with Crippen molar-refractivity contribution in [3.63, 3.8) is 0 Å². The molecule has 0 aliphatic carbocycles. The first-order chi connectivity index (χ1) is 9.69. The third-order valence-electron chi connectivity index (χ3n) is 2.96. The number of fused-ring (bicyclic) bond motifs is 1. The van der Waals surface area contributed by atoms with Gasteiger partial charge in [0, 0.05) is 18.0 Å². The van der Waals surface area contributed by atoms with Crippen molar-refractivity contribution in [2.75, 3.05) is 6.61 Å². The number of halogens is 2. The molecule has 3 nitrogen and oxygen atoms in total. The van der Waals surface area contributed by atoms with E-state index in [1.165, 1.54) is 0 Å². The zero-order chi connectivity index (χ0) is 14.1. The SMILES string of the molecule is CCOc1cccn2cc(-c3ccc(Cl)c(Cl)c3)nc12. The monoisotopic (exact) mass is 306 g/mol. The summed E-state index contributed by atoms with van der Waals surface area (Å²) in [6.45, 7) is 2.56. The minimum atomic E-state index is 0.520. The Kier molecular flexibility index (Phi) is 3.55. The lowest BCUT2D eigenvalue weighted by molar-refractivity contribution is 0.342. The molecule has 0 spiro atoms. The van der Waals surface area contributed by atoms with Crippen LogP contribution in [-0.2, 0) is 0 Å². The van der Waals surface area contributed by atoms with E-state index in [9.17, 15) is 0 Å². The topological polar surface area (TPSA) is 26.5 Å². The van der Waals surface area contributed by atoms with Crippen LogP contribution >= 0.6 is 23.2 Å². The van der Waals surface area contributed by atoms with E-state index in [2.05, 4.69) is 4.98 Å². The van der Waals surface area contributed by atoms with Gasteiger partial charge in [-0.2, -0.15) is 0 Å². The molecule has 102 valence electrons. The molecule has 0 amide bonds. The fraction of sp³-hybridized carbons (Fsp3) is 0.133. The first-order valence-electron chi connectivity index (χ1n) is 6.25. The maximum atomic E-state index is 6.05. The Morgan fingerprint density at radius 2 is 2.05 bits per heavy atom. The number of hydrogen-bond acceptors (Lipinski definition) is 2. The molecule has 2 heterocycles. The molecule has 0 unspecified atom stereocenters. The summed E-state index contributed by atoms with van der Waals surface area (Å²) in [5.74, 6) is 0.765. The number of benzene rings is 1. The maximum Gasteiger partial charge on any atom is 0.180 e. The fourth-order valence-corrected chi connectivity index (χ4v) is 2.35. The Hall–Kier alpha value is -1.71. The number of pyridine rings is 1. The Balaban J connectivity index is 2.12. The van der Waals surface area contributed by atoms with Crippen LogP contribution in [-0.4, -0.2) is 16.0 Å². The lowest BCUT2D eigenvalue weighted by Gasteiger charge is -2.03. The molecule has 3 aromatic rings. The van der Waals surface area contributed by atoms with Gasteiger partial charge in [0.25, 0.3) is 0 Å². The van der Waals surface area contributed by atoms with Gasteiger partial charge in [0.15, 0.2) is 11.4 Å². The van der Waals surface area contributed by atoms with E-state index < -0.39 is 0 Å². The molecule has 0 aliphatic heterocycles. The summed E-state index contributed by atoms with van der Waals surface area (Å²) in [7, 11) is 0. The van der Waals surface area contributed by atoms with Crippen LogP contribution in [0.5, 0.6) is 5.75 Å². The lowest BCUT2D eigenvalue weighted by atomic mass is 10.2. The van der Waals surface area contributed by atoms with Crippen molar-refractivity contribution in [2.24, 2.45) is 0 Å². The molecule has 0 saturated carbocycles. The summed E-state index contributed by atoms with van der Waals surface area (Å²) in [6, 6.07) is 9.32. The van der Waals surface area contributed by atoms with E-state index in [0.717, 1.165) is 22.7 Å². The third kappa shape index (κ3) is 2.35. The standard InChI is InChI=1S/C15H12Cl2N2O/c1-2-20-14-4-3-7-19-9-13(18-15(14)19)10-5-6-11(16)12(17)8-10/h3-9H,2H2,1H3. The number of aromatic nitrogens is 2. The number of rotatable bonds is 3. The number of ether oxygens (including phenoxy) is 1. The van der Waals surface area contributed by atoms with Crippen LogP contribution in [0.15, 0.2) is 42.7 Å². The molecule has 3 rings (SSSR count).